The highest BCUT2D eigenvalue weighted by molar-refractivity contribution is 5.93. The third-order valence-electron chi connectivity index (χ3n) is 3.71. The van der Waals surface area contributed by atoms with Crippen LogP contribution in [0, 0.1) is 0 Å². The van der Waals surface area contributed by atoms with Crippen LogP contribution in [-0.2, 0) is 0 Å². The van der Waals surface area contributed by atoms with Crippen molar-refractivity contribution in [1.29, 1.82) is 0 Å². The first-order chi connectivity index (χ1) is 10.2. The molecule has 0 spiro atoms. The van der Waals surface area contributed by atoms with E-state index in [-0.39, 0.29) is 11.9 Å². The van der Waals surface area contributed by atoms with Gasteiger partial charge in [0.15, 0.2) is 0 Å². The maximum Gasteiger partial charge on any atom is 0.271 e. The highest BCUT2D eigenvalue weighted by Gasteiger charge is 2.25. The largest absolute Gasteiger partial charge is 0.497 e. The standard InChI is InChI=1S/C15H18N4O2/c1-21-12-4-2-10(3-5-12)13-8-14(18-17-13)15(20)19-7-6-11(16)9-19/h2-5,8,11H,6-7,9,16H2,1H3,(H,17,18)/t11-/m1/s1. The fourth-order valence-corrected chi connectivity index (χ4v) is 2.48. The zero-order valence-corrected chi connectivity index (χ0v) is 11.9. The molecule has 1 aliphatic rings. The number of benzene rings is 1. The fraction of sp³-hybridized carbons (Fsp3) is 0.333. The first-order valence-electron chi connectivity index (χ1n) is 6.92. The van der Waals surface area contributed by atoms with Gasteiger partial charge in [0.2, 0.25) is 0 Å². The Hall–Kier alpha value is -2.34. The summed E-state index contributed by atoms with van der Waals surface area (Å²) in [5.41, 5.74) is 8.00. The molecule has 21 heavy (non-hydrogen) atoms. The lowest BCUT2D eigenvalue weighted by molar-refractivity contribution is 0.0785. The highest BCUT2D eigenvalue weighted by Crippen LogP contribution is 2.22. The normalized spacial score (nSPS) is 18.0. The second kappa shape index (κ2) is 5.57. The molecule has 1 atom stereocenters. The minimum absolute atomic E-state index is 0.0461. The van der Waals surface area contributed by atoms with Crippen molar-refractivity contribution in [3.63, 3.8) is 0 Å². The Kier molecular flexibility index (Phi) is 3.62. The number of hydrogen-bond acceptors (Lipinski definition) is 4. The number of carbonyl (C=O) groups is 1. The summed E-state index contributed by atoms with van der Waals surface area (Å²) in [4.78, 5) is 14.1. The lowest BCUT2D eigenvalue weighted by Gasteiger charge is -2.13. The van der Waals surface area contributed by atoms with Gasteiger partial charge in [0, 0.05) is 24.7 Å². The molecule has 2 aromatic rings. The number of nitrogens with one attached hydrogen (secondary N) is 1. The van der Waals surface area contributed by atoms with Crippen molar-refractivity contribution in [2.24, 2.45) is 5.73 Å². The van der Waals surface area contributed by atoms with Gasteiger partial charge in [-0.1, -0.05) is 0 Å². The Balaban J connectivity index is 1.77. The van der Waals surface area contributed by atoms with Crippen LogP contribution in [0.15, 0.2) is 30.3 Å². The molecule has 0 unspecified atom stereocenters. The molecule has 2 heterocycles. The summed E-state index contributed by atoms with van der Waals surface area (Å²) in [7, 11) is 1.63. The highest BCUT2D eigenvalue weighted by atomic mass is 16.5. The van der Waals surface area contributed by atoms with E-state index in [0.717, 1.165) is 23.4 Å². The molecule has 0 radical (unpaired) electrons. The SMILES string of the molecule is COc1ccc(-c2cc(C(=O)N3CC[C@@H](N)C3)[nH]n2)cc1. The van der Waals surface area contributed by atoms with E-state index >= 15 is 0 Å². The molecule has 1 aliphatic heterocycles. The van der Waals surface area contributed by atoms with E-state index in [2.05, 4.69) is 10.2 Å². The van der Waals surface area contributed by atoms with Crippen molar-refractivity contribution in [3.8, 4) is 17.0 Å². The van der Waals surface area contributed by atoms with E-state index in [1.807, 2.05) is 24.3 Å². The molecule has 1 saturated heterocycles. The van der Waals surface area contributed by atoms with Crippen LogP contribution in [0.25, 0.3) is 11.3 Å². The average molecular weight is 286 g/mol. The summed E-state index contributed by atoms with van der Waals surface area (Å²) in [5.74, 6) is 0.742. The van der Waals surface area contributed by atoms with Crippen molar-refractivity contribution >= 4 is 5.91 Å². The van der Waals surface area contributed by atoms with Gasteiger partial charge in [-0.2, -0.15) is 5.10 Å². The smallest absolute Gasteiger partial charge is 0.271 e. The van der Waals surface area contributed by atoms with Crippen molar-refractivity contribution in [2.45, 2.75) is 12.5 Å². The third-order valence-corrected chi connectivity index (χ3v) is 3.71. The van der Waals surface area contributed by atoms with E-state index < -0.39 is 0 Å². The number of aromatic amines is 1. The molecule has 3 N–H and O–H groups in total. The number of H-pyrrole nitrogens is 1. The lowest BCUT2D eigenvalue weighted by atomic mass is 10.1. The predicted octanol–water partition coefficient (Wildman–Crippen LogP) is 1.26. The topological polar surface area (TPSA) is 84.2 Å². The van der Waals surface area contributed by atoms with E-state index in [1.165, 1.54) is 0 Å². The molecule has 1 fully saturated rings. The van der Waals surface area contributed by atoms with Crippen LogP contribution < -0.4 is 10.5 Å². The molecule has 3 rings (SSSR count). The van der Waals surface area contributed by atoms with E-state index in [9.17, 15) is 4.79 Å². The van der Waals surface area contributed by atoms with Crippen molar-refractivity contribution in [1.82, 2.24) is 15.1 Å². The van der Waals surface area contributed by atoms with Gasteiger partial charge >= 0.3 is 0 Å². The maximum atomic E-state index is 12.3. The Labute approximate surface area is 122 Å². The number of rotatable bonds is 3. The number of methoxy groups -OCH3 is 1. The summed E-state index contributed by atoms with van der Waals surface area (Å²) in [5, 5.41) is 7.02. The van der Waals surface area contributed by atoms with Crippen molar-refractivity contribution in [3.05, 3.63) is 36.0 Å². The Morgan fingerprint density at radius 3 is 2.81 bits per heavy atom. The summed E-state index contributed by atoms with van der Waals surface area (Å²) in [6, 6.07) is 9.41. The Morgan fingerprint density at radius 2 is 2.19 bits per heavy atom. The van der Waals surface area contributed by atoms with Gasteiger partial charge in [-0.3, -0.25) is 9.89 Å². The number of nitrogens with zero attached hydrogens (tertiary/aromatic N) is 2. The van der Waals surface area contributed by atoms with Gasteiger partial charge in [-0.15, -0.1) is 0 Å². The number of aromatic nitrogens is 2. The average Bonchev–Trinajstić information content (AvgIpc) is 3.16. The minimum Gasteiger partial charge on any atom is -0.497 e. The molecule has 1 aromatic carbocycles. The quantitative estimate of drug-likeness (QED) is 0.889. The number of nitrogens with two attached hydrogens (primary N) is 1. The molecule has 110 valence electrons. The van der Waals surface area contributed by atoms with E-state index in [1.54, 1.807) is 18.1 Å². The van der Waals surface area contributed by atoms with E-state index in [0.29, 0.717) is 18.8 Å². The van der Waals surface area contributed by atoms with Gasteiger partial charge in [0.1, 0.15) is 11.4 Å². The molecule has 0 saturated carbocycles. The second-order valence-corrected chi connectivity index (χ2v) is 5.20. The van der Waals surface area contributed by atoms with Gasteiger partial charge in [0.25, 0.3) is 5.91 Å². The summed E-state index contributed by atoms with van der Waals surface area (Å²) in [6.07, 6.45) is 0.852. The summed E-state index contributed by atoms with van der Waals surface area (Å²) in [6.45, 7) is 1.31. The molecule has 0 aliphatic carbocycles. The van der Waals surface area contributed by atoms with Crippen LogP contribution in [-0.4, -0.2) is 47.2 Å². The molecular formula is C15H18N4O2. The summed E-state index contributed by atoms with van der Waals surface area (Å²) < 4.78 is 5.13. The lowest BCUT2D eigenvalue weighted by Crippen LogP contribution is -2.32. The number of amides is 1. The zero-order chi connectivity index (χ0) is 14.8. The molecule has 1 aromatic heterocycles. The Morgan fingerprint density at radius 1 is 1.43 bits per heavy atom. The van der Waals surface area contributed by atoms with Crippen LogP contribution in [0.4, 0.5) is 0 Å². The third kappa shape index (κ3) is 2.75. The number of likely N-dealkylation sites (tertiary alicyclic amines) is 1. The number of carbonyl (C=O) groups excluding carboxylic acids is 1. The molecule has 0 bridgehead atoms. The van der Waals surface area contributed by atoms with E-state index in [4.69, 9.17) is 10.5 Å². The fourth-order valence-electron chi connectivity index (χ4n) is 2.48. The van der Waals surface area contributed by atoms with Crippen LogP contribution in [0.2, 0.25) is 0 Å². The van der Waals surface area contributed by atoms with Crippen LogP contribution in [0.5, 0.6) is 5.75 Å². The van der Waals surface area contributed by atoms with Crippen LogP contribution >= 0.6 is 0 Å². The molecule has 1 amide bonds. The number of ether oxygens (including phenoxy) is 1. The Bertz CT molecular complexity index is 635. The zero-order valence-electron chi connectivity index (χ0n) is 11.9. The molecule has 6 nitrogen and oxygen atoms in total. The van der Waals surface area contributed by atoms with Crippen LogP contribution in [0.1, 0.15) is 16.9 Å². The first kappa shape index (κ1) is 13.6. The maximum absolute atomic E-state index is 12.3. The minimum atomic E-state index is -0.0461. The van der Waals surface area contributed by atoms with Gasteiger partial charge in [0.05, 0.1) is 12.8 Å². The van der Waals surface area contributed by atoms with Crippen molar-refractivity contribution in [2.75, 3.05) is 20.2 Å². The summed E-state index contributed by atoms with van der Waals surface area (Å²) >= 11 is 0. The van der Waals surface area contributed by atoms with Crippen molar-refractivity contribution < 1.29 is 9.53 Å². The number of hydrogen-bond donors (Lipinski definition) is 2. The molecule has 6 heteroatoms. The van der Waals surface area contributed by atoms with Crippen LogP contribution in [0.3, 0.4) is 0 Å². The monoisotopic (exact) mass is 286 g/mol. The van der Waals surface area contributed by atoms with Gasteiger partial charge < -0.3 is 15.4 Å². The van der Waals surface area contributed by atoms with Gasteiger partial charge in [-0.25, -0.2) is 0 Å². The first-order valence-corrected chi connectivity index (χ1v) is 6.92. The van der Waals surface area contributed by atoms with Gasteiger partial charge in [-0.05, 0) is 36.8 Å². The molecular weight excluding hydrogens is 268 g/mol. The second-order valence-electron chi connectivity index (χ2n) is 5.20. The predicted molar refractivity (Wildman–Crippen MR) is 79.1 cm³/mol.